The maximum atomic E-state index is 12.5. The number of benzene rings is 1. The SMILES string of the molecule is Cc1cc(C(=O)Nc2cc(C)on2)nc(Nc2cccc3cccnc23)n1. The van der Waals surface area contributed by atoms with Gasteiger partial charge in [0.05, 0.1) is 11.2 Å². The van der Waals surface area contributed by atoms with Gasteiger partial charge in [-0.3, -0.25) is 9.78 Å². The molecule has 3 heterocycles. The summed E-state index contributed by atoms with van der Waals surface area (Å²) >= 11 is 0. The van der Waals surface area contributed by atoms with E-state index in [0.29, 0.717) is 23.2 Å². The summed E-state index contributed by atoms with van der Waals surface area (Å²) in [6.07, 6.45) is 1.73. The maximum absolute atomic E-state index is 12.5. The van der Waals surface area contributed by atoms with Gasteiger partial charge in [0, 0.05) is 23.3 Å². The Hall–Kier alpha value is -3.81. The molecule has 0 fully saturated rings. The average Bonchev–Trinajstić information content (AvgIpc) is 3.06. The molecule has 0 spiro atoms. The lowest BCUT2D eigenvalue weighted by atomic mass is 10.2. The second-order valence-electron chi connectivity index (χ2n) is 6.00. The Morgan fingerprint density at radius 1 is 1.07 bits per heavy atom. The van der Waals surface area contributed by atoms with Gasteiger partial charge in [0.2, 0.25) is 5.95 Å². The highest BCUT2D eigenvalue weighted by Crippen LogP contribution is 2.23. The monoisotopic (exact) mass is 360 g/mol. The van der Waals surface area contributed by atoms with Crippen LogP contribution in [0.15, 0.2) is 53.2 Å². The van der Waals surface area contributed by atoms with Crippen LogP contribution in [-0.4, -0.2) is 26.0 Å². The number of carbonyl (C=O) groups is 1. The summed E-state index contributed by atoms with van der Waals surface area (Å²) in [7, 11) is 0. The minimum Gasteiger partial charge on any atom is -0.360 e. The third kappa shape index (κ3) is 3.59. The molecule has 0 unspecified atom stereocenters. The van der Waals surface area contributed by atoms with E-state index in [9.17, 15) is 4.79 Å². The molecule has 1 amide bonds. The van der Waals surface area contributed by atoms with Crippen LogP contribution >= 0.6 is 0 Å². The molecular weight excluding hydrogens is 344 g/mol. The number of fused-ring (bicyclic) bond motifs is 1. The molecule has 0 radical (unpaired) electrons. The Kier molecular flexibility index (Phi) is 4.21. The van der Waals surface area contributed by atoms with Crippen molar-refractivity contribution in [2.75, 3.05) is 10.6 Å². The number of para-hydroxylation sites is 1. The first kappa shape index (κ1) is 16.6. The highest BCUT2D eigenvalue weighted by Gasteiger charge is 2.13. The fraction of sp³-hybridized carbons (Fsp3) is 0.105. The number of carbonyl (C=O) groups excluding carboxylic acids is 1. The fourth-order valence-electron chi connectivity index (χ4n) is 2.67. The Morgan fingerprint density at radius 3 is 2.74 bits per heavy atom. The number of aryl methyl sites for hydroxylation is 2. The molecule has 134 valence electrons. The first-order chi connectivity index (χ1) is 13.1. The van der Waals surface area contributed by atoms with Gasteiger partial charge in [0.15, 0.2) is 5.82 Å². The molecule has 4 aromatic rings. The molecule has 8 heteroatoms. The molecule has 27 heavy (non-hydrogen) atoms. The van der Waals surface area contributed by atoms with Crippen molar-refractivity contribution in [3.8, 4) is 0 Å². The van der Waals surface area contributed by atoms with Crippen LogP contribution in [0.3, 0.4) is 0 Å². The van der Waals surface area contributed by atoms with Crippen LogP contribution in [0.4, 0.5) is 17.5 Å². The van der Waals surface area contributed by atoms with Crippen molar-refractivity contribution in [2.24, 2.45) is 0 Å². The van der Waals surface area contributed by atoms with Crippen LogP contribution in [0, 0.1) is 13.8 Å². The minimum atomic E-state index is -0.395. The van der Waals surface area contributed by atoms with E-state index in [-0.39, 0.29) is 5.69 Å². The summed E-state index contributed by atoms with van der Waals surface area (Å²) in [6, 6.07) is 12.9. The van der Waals surface area contributed by atoms with Crippen LogP contribution in [0.5, 0.6) is 0 Å². The first-order valence-electron chi connectivity index (χ1n) is 8.29. The summed E-state index contributed by atoms with van der Waals surface area (Å²) in [4.78, 5) is 25.6. The van der Waals surface area contributed by atoms with Gasteiger partial charge in [-0.05, 0) is 32.0 Å². The van der Waals surface area contributed by atoms with Gasteiger partial charge in [0.1, 0.15) is 11.5 Å². The first-order valence-corrected chi connectivity index (χ1v) is 8.29. The number of nitrogens with one attached hydrogen (secondary N) is 2. The van der Waals surface area contributed by atoms with Gasteiger partial charge in [-0.1, -0.05) is 23.4 Å². The highest BCUT2D eigenvalue weighted by atomic mass is 16.5. The van der Waals surface area contributed by atoms with E-state index < -0.39 is 5.91 Å². The summed E-state index contributed by atoms with van der Waals surface area (Å²) < 4.78 is 4.95. The van der Waals surface area contributed by atoms with Gasteiger partial charge < -0.3 is 15.2 Å². The third-order valence-corrected chi connectivity index (χ3v) is 3.84. The smallest absolute Gasteiger partial charge is 0.275 e. The van der Waals surface area contributed by atoms with Gasteiger partial charge in [-0.2, -0.15) is 0 Å². The van der Waals surface area contributed by atoms with Crippen molar-refractivity contribution in [3.05, 3.63) is 65.8 Å². The number of pyridine rings is 1. The molecule has 2 N–H and O–H groups in total. The van der Waals surface area contributed by atoms with E-state index in [1.807, 2.05) is 30.3 Å². The van der Waals surface area contributed by atoms with Crippen molar-refractivity contribution in [2.45, 2.75) is 13.8 Å². The molecule has 3 aromatic heterocycles. The molecule has 0 aliphatic heterocycles. The molecule has 0 aliphatic carbocycles. The third-order valence-electron chi connectivity index (χ3n) is 3.84. The van der Waals surface area contributed by atoms with Crippen molar-refractivity contribution < 1.29 is 9.32 Å². The standard InChI is InChI=1S/C19H16N6O2/c1-11-9-15(18(26)24-16-10-12(2)27-25-16)23-19(21-11)22-14-7-3-5-13-6-4-8-20-17(13)14/h3-10H,1-2H3,(H,21,22,23)(H,24,25,26). The Bertz CT molecular complexity index is 1130. The van der Waals surface area contributed by atoms with Crippen molar-refractivity contribution in [1.82, 2.24) is 20.1 Å². The lowest BCUT2D eigenvalue weighted by Gasteiger charge is -2.09. The summed E-state index contributed by atoms with van der Waals surface area (Å²) in [5.74, 6) is 0.860. The fourth-order valence-corrected chi connectivity index (χ4v) is 2.67. The van der Waals surface area contributed by atoms with Gasteiger partial charge in [-0.15, -0.1) is 0 Å². The van der Waals surface area contributed by atoms with Crippen molar-refractivity contribution in [3.63, 3.8) is 0 Å². The number of amides is 1. The second kappa shape index (κ2) is 6.83. The predicted molar refractivity (Wildman–Crippen MR) is 101 cm³/mol. The van der Waals surface area contributed by atoms with Crippen LogP contribution in [0.2, 0.25) is 0 Å². The zero-order chi connectivity index (χ0) is 18.8. The quantitative estimate of drug-likeness (QED) is 0.572. The number of nitrogens with zero attached hydrogens (tertiary/aromatic N) is 4. The molecule has 1 aromatic carbocycles. The second-order valence-corrected chi connectivity index (χ2v) is 6.00. The number of rotatable bonds is 4. The number of hydrogen-bond acceptors (Lipinski definition) is 7. The van der Waals surface area contributed by atoms with Gasteiger partial charge >= 0.3 is 0 Å². The summed E-state index contributed by atoms with van der Waals surface area (Å²) in [5, 5.41) is 10.6. The lowest BCUT2D eigenvalue weighted by Crippen LogP contribution is -2.15. The van der Waals surface area contributed by atoms with Crippen molar-refractivity contribution in [1.29, 1.82) is 0 Å². The molecular formula is C19H16N6O2. The van der Waals surface area contributed by atoms with Crippen LogP contribution in [0.25, 0.3) is 10.9 Å². The maximum Gasteiger partial charge on any atom is 0.275 e. The van der Waals surface area contributed by atoms with Crippen molar-refractivity contribution >= 4 is 34.3 Å². The van der Waals surface area contributed by atoms with Gasteiger partial charge in [0.25, 0.3) is 5.91 Å². The van der Waals surface area contributed by atoms with E-state index in [4.69, 9.17) is 4.52 Å². The highest BCUT2D eigenvalue weighted by molar-refractivity contribution is 6.02. The lowest BCUT2D eigenvalue weighted by molar-refractivity contribution is 0.102. The van der Waals surface area contributed by atoms with E-state index in [2.05, 4.69) is 30.7 Å². The van der Waals surface area contributed by atoms with E-state index in [1.165, 1.54) is 0 Å². The Morgan fingerprint density at radius 2 is 1.93 bits per heavy atom. The number of aromatic nitrogens is 4. The number of hydrogen-bond donors (Lipinski definition) is 2. The van der Waals surface area contributed by atoms with E-state index in [1.54, 1.807) is 32.2 Å². The Labute approximate surface area is 154 Å². The largest absolute Gasteiger partial charge is 0.360 e. The topological polar surface area (TPSA) is 106 Å². The van der Waals surface area contributed by atoms with Crippen LogP contribution in [-0.2, 0) is 0 Å². The zero-order valence-electron chi connectivity index (χ0n) is 14.7. The molecule has 4 rings (SSSR count). The summed E-state index contributed by atoms with van der Waals surface area (Å²) in [6.45, 7) is 3.54. The molecule has 0 aliphatic rings. The van der Waals surface area contributed by atoms with Crippen LogP contribution in [0.1, 0.15) is 21.9 Å². The normalized spacial score (nSPS) is 10.7. The molecule has 0 saturated heterocycles. The average molecular weight is 360 g/mol. The van der Waals surface area contributed by atoms with Gasteiger partial charge in [-0.25, -0.2) is 9.97 Å². The van der Waals surface area contributed by atoms with Crippen LogP contribution < -0.4 is 10.6 Å². The zero-order valence-corrected chi connectivity index (χ0v) is 14.7. The molecule has 8 nitrogen and oxygen atoms in total. The molecule has 0 atom stereocenters. The summed E-state index contributed by atoms with van der Waals surface area (Å²) in [5.41, 5.74) is 2.44. The molecule has 0 saturated carbocycles. The Balaban J connectivity index is 1.63. The van der Waals surface area contributed by atoms with E-state index >= 15 is 0 Å². The molecule has 0 bridgehead atoms. The minimum absolute atomic E-state index is 0.221. The van der Waals surface area contributed by atoms with E-state index in [0.717, 1.165) is 16.6 Å². The predicted octanol–water partition coefficient (Wildman–Crippen LogP) is 3.63. The number of anilines is 3.